The zero-order valence-electron chi connectivity index (χ0n) is 32.5. The van der Waals surface area contributed by atoms with Crippen molar-refractivity contribution in [2.45, 2.75) is 53.4 Å². The van der Waals surface area contributed by atoms with Crippen LogP contribution in [0.15, 0.2) is 157 Å². The molecule has 0 unspecified atom stereocenters. The van der Waals surface area contributed by atoms with Crippen LogP contribution in [0.25, 0.3) is 65.9 Å². The number of carbonyl (C=O) groups is 1. The minimum Gasteiger partial charge on any atom is -0.512 e. The first-order chi connectivity index (χ1) is 26.9. The molecule has 1 N–H and O–H groups in total. The molecule has 0 saturated carbocycles. The molecule has 285 valence electrons. The topological polar surface area (TPSA) is 63.1 Å². The zero-order chi connectivity index (χ0) is 38.6. The summed E-state index contributed by atoms with van der Waals surface area (Å²) >= 11 is 0. The van der Waals surface area contributed by atoms with Crippen LogP contribution in [-0.4, -0.2) is 20.9 Å². The molecule has 0 aliphatic rings. The van der Waals surface area contributed by atoms with Crippen LogP contribution in [0.3, 0.4) is 0 Å². The predicted octanol–water partition coefficient (Wildman–Crippen LogP) is 13.6. The van der Waals surface area contributed by atoms with Crippen LogP contribution >= 0.6 is 0 Å². The van der Waals surface area contributed by atoms with Crippen molar-refractivity contribution in [1.29, 1.82) is 0 Å². The van der Waals surface area contributed by atoms with Crippen LogP contribution in [0.1, 0.15) is 53.4 Å². The van der Waals surface area contributed by atoms with E-state index in [1.165, 1.54) is 22.2 Å². The Labute approximate surface area is 344 Å². The number of para-hydroxylation sites is 2. The van der Waals surface area contributed by atoms with Crippen LogP contribution in [0.5, 0.6) is 0 Å². The van der Waals surface area contributed by atoms with Gasteiger partial charge < -0.3 is 5.11 Å². The number of ketones is 1. The van der Waals surface area contributed by atoms with E-state index in [4.69, 9.17) is 9.97 Å². The monoisotopic (exact) mass is 913 g/mol. The van der Waals surface area contributed by atoms with Gasteiger partial charge in [-0.05, 0) is 54.3 Å². The molecule has 0 aliphatic heterocycles. The molecule has 8 rings (SSSR count). The molecule has 0 atom stereocenters. The fourth-order valence-electron chi connectivity index (χ4n) is 6.75. The number of allylic oxidation sites excluding steroid dienone is 2. The second-order valence-electron chi connectivity index (χ2n) is 13.7. The molecular formula is C51H48IrN2O2-2. The van der Waals surface area contributed by atoms with Crippen LogP contribution in [0, 0.1) is 24.0 Å². The quantitative estimate of drug-likeness (QED) is 0.0890. The second-order valence-corrected chi connectivity index (χ2v) is 13.7. The fraction of sp³-hybridized carbons (Fsp3) is 0.196. The Morgan fingerprint density at radius 2 is 1.05 bits per heavy atom. The first-order valence-corrected chi connectivity index (χ1v) is 19.4. The fourth-order valence-corrected chi connectivity index (χ4v) is 6.75. The summed E-state index contributed by atoms with van der Waals surface area (Å²) in [6, 6.07) is 56.4. The number of aromatic nitrogens is 2. The Bertz CT molecular complexity index is 2240. The first-order valence-electron chi connectivity index (χ1n) is 19.4. The third-order valence-corrected chi connectivity index (χ3v) is 10.2. The van der Waals surface area contributed by atoms with Crippen molar-refractivity contribution in [3.8, 4) is 22.5 Å². The van der Waals surface area contributed by atoms with E-state index in [9.17, 15) is 9.90 Å². The van der Waals surface area contributed by atoms with Crippen LogP contribution in [0.4, 0.5) is 0 Å². The number of benzene rings is 6. The molecule has 6 aromatic carbocycles. The number of pyridine rings is 2. The van der Waals surface area contributed by atoms with Gasteiger partial charge in [-0.3, -0.25) is 14.8 Å². The molecule has 0 saturated heterocycles. The molecule has 2 aromatic heterocycles. The number of hydrogen-bond acceptors (Lipinski definition) is 4. The van der Waals surface area contributed by atoms with Gasteiger partial charge in [0.15, 0.2) is 5.78 Å². The van der Waals surface area contributed by atoms with Crippen molar-refractivity contribution in [3.63, 3.8) is 0 Å². The van der Waals surface area contributed by atoms with E-state index in [-0.39, 0.29) is 43.5 Å². The number of hydrogen-bond donors (Lipinski definition) is 1. The Kier molecular flexibility index (Phi) is 15.2. The van der Waals surface area contributed by atoms with E-state index >= 15 is 0 Å². The van der Waals surface area contributed by atoms with Crippen molar-refractivity contribution < 1.29 is 30.0 Å². The molecule has 5 heteroatoms. The van der Waals surface area contributed by atoms with Gasteiger partial charge in [0, 0.05) is 43.7 Å². The van der Waals surface area contributed by atoms with Gasteiger partial charge >= 0.3 is 0 Å². The maximum atomic E-state index is 11.7. The van der Waals surface area contributed by atoms with E-state index in [1.807, 2.05) is 88.4 Å². The van der Waals surface area contributed by atoms with E-state index in [2.05, 4.69) is 97.1 Å². The molecule has 0 spiro atoms. The molecule has 0 bridgehead atoms. The van der Waals surface area contributed by atoms with Crippen LogP contribution in [0.2, 0.25) is 0 Å². The minimum absolute atomic E-state index is 0. The number of fused-ring (bicyclic) bond motifs is 4. The molecule has 1 radical (unpaired) electrons. The average Bonchev–Trinajstić information content (AvgIpc) is 3.24. The summed E-state index contributed by atoms with van der Waals surface area (Å²) in [6.07, 6.45) is 4.91. The number of aliphatic hydroxyl groups is 1. The largest absolute Gasteiger partial charge is 0.512 e. The van der Waals surface area contributed by atoms with Crippen molar-refractivity contribution >= 4 is 49.1 Å². The molecule has 8 aromatic rings. The molecule has 2 heterocycles. The van der Waals surface area contributed by atoms with E-state index in [0.717, 1.165) is 75.4 Å². The normalized spacial score (nSPS) is 11.2. The Balaban J connectivity index is 0.000000162. The number of nitrogens with zero attached hydrogens (tertiary/aromatic N) is 2. The Morgan fingerprint density at radius 1 is 0.571 bits per heavy atom. The smallest absolute Gasteiger partial charge is 0.162 e. The zero-order valence-corrected chi connectivity index (χ0v) is 34.9. The minimum atomic E-state index is 0. The summed E-state index contributed by atoms with van der Waals surface area (Å²) in [7, 11) is 0. The van der Waals surface area contributed by atoms with Gasteiger partial charge in [0.05, 0.1) is 16.8 Å². The number of carbonyl (C=O) groups excluding carboxylic acids is 1. The van der Waals surface area contributed by atoms with E-state index < -0.39 is 0 Å². The third-order valence-electron chi connectivity index (χ3n) is 10.2. The van der Waals surface area contributed by atoms with Gasteiger partial charge in [-0.1, -0.05) is 147 Å². The standard InChI is InChI=1S/2C19H12N.C13H24O2.Ir/c2*1-2-7-16-13-17(10-9-14(16)5-1)19-12-11-15-6-3-4-8-18(15)20-19;1-5-10(6-2)12(14)9-13(15)11(7-3)8-4;/h1-9,11-13H;1-12H;9-11,14H,5-8H2,1-4H3;/q2*-1;;/b;;12-9-;. The maximum absolute atomic E-state index is 11.7. The Hall–Kier alpha value is -5.48. The molecule has 4 nitrogen and oxygen atoms in total. The summed E-state index contributed by atoms with van der Waals surface area (Å²) in [5.74, 6) is 0.547. The van der Waals surface area contributed by atoms with Gasteiger partial charge in [0.1, 0.15) is 0 Å². The van der Waals surface area contributed by atoms with Crippen LogP contribution < -0.4 is 0 Å². The predicted molar refractivity (Wildman–Crippen MR) is 231 cm³/mol. The number of aliphatic hydroxyl groups excluding tert-OH is 1. The Morgan fingerprint density at radius 3 is 1.64 bits per heavy atom. The summed E-state index contributed by atoms with van der Waals surface area (Å²) in [5.41, 5.74) is 6.05. The second kappa shape index (κ2) is 20.4. The van der Waals surface area contributed by atoms with E-state index in [0.29, 0.717) is 0 Å². The van der Waals surface area contributed by atoms with Crippen molar-refractivity contribution in [3.05, 3.63) is 170 Å². The summed E-state index contributed by atoms with van der Waals surface area (Å²) in [4.78, 5) is 21.2. The van der Waals surface area contributed by atoms with E-state index in [1.54, 1.807) is 0 Å². The van der Waals surface area contributed by atoms with Gasteiger partial charge in [-0.25, -0.2) is 0 Å². The van der Waals surface area contributed by atoms with Gasteiger partial charge in [0.25, 0.3) is 0 Å². The van der Waals surface area contributed by atoms with Gasteiger partial charge in [0.2, 0.25) is 0 Å². The van der Waals surface area contributed by atoms with Crippen molar-refractivity contribution in [2.24, 2.45) is 11.8 Å². The average molecular weight is 913 g/mol. The number of rotatable bonds is 9. The summed E-state index contributed by atoms with van der Waals surface area (Å²) in [5, 5.41) is 16.8. The SMILES string of the molecule is CCC(CC)C(=O)/C=C(\O)C(CC)CC.[Ir].[c-]1c(-c2ccc3ccccc3n2)ccc2ccccc12.[c-]1cc2ccccc2cc1-c1ccc2ccccc2n1. The summed E-state index contributed by atoms with van der Waals surface area (Å²) in [6.45, 7) is 8.07. The van der Waals surface area contributed by atoms with Crippen molar-refractivity contribution in [1.82, 2.24) is 9.97 Å². The van der Waals surface area contributed by atoms with Crippen LogP contribution in [-0.2, 0) is 24.9 Å². The molecule has 0 aliphatic carbocycles. The molecule has 0 amide bonds. The maximum Gasteiger partial charge on any atom is 0.162 e. The summed E-state index contributed by atoms with van der Waals surface area (Å²) < 4.78 is 0. The molecule has 56 heavy (non-hydrogen) atoms. The van der Waals surface area contributed by atoms with Gasteiger partial charge in [-0.15, -0.1) is 58.8 Å². The third kappa shape index (κ3) is 10.4. The van der Waals surface area contributed by atoms with Crippen molar-refractivity contribution in [2.75, 3.05) is 0 Å². The van der Waals surface area contributed by atoms with Gasteiger partial charge in [-0.2, -0.15) is 0 Å². The molecular weight excluding hydrogens is 865 g/mol. The first kappa shape index (κ1) is 41.7. The molecule has 0 fully saturated rings.